The van der Waals surface area contributed by atoms with Gasteiger partial charge in [0.1, 0.15) is 0 Å². The van der Waals surface area contributed by atoms with Crippen molar-refractivity contribution in [1.29, 1.82) is 0 Å². The van der Waals surface area contributed by atoms with Gasteiger partial charge in [-0.05, 0) is 42.0 Å². The number of anilines is 1. The first kappa shape index (κ1) is 19.4. The van der Waals surface area contributed by atoms with Crippen LogP contribution in [-0.4, -0.2) is 18.9 Å². The number of hydrogen-bond acceptors (Lipinski definition) is 3. The quantitative estimate of drug-likeness (QED) is 0.518. The van der Waals surface area contributed by atoms with Gasteiger partial charge in [-0.1, -0.05) is 37.5 Å². The van der Waals surface area contributed by atoms with Crippen molar-refractivity contribution in [2.24, 2.45) is 10.9 Å². The van der Waals surface area contributed by atoms with Gasteiger partial charge in [0, 0.05) is 30.1 Å². The van der Waals surface area contributed by atoms with Crippen LogP contribution in [-0.2, 0) is 17.9 Å². The number of amides is 1. The van der Waals surface area contributed by atoms with Crippen molar-refractivity contribution in [3.05, 3.63) is 52.2 Å². The summed E-state index contributed by atoms with van der Waals surface area (Å²) in [6.07, 6.45) is 5.62. The second-order valence-electron chi connectivity index (χ2n) is 6.88. The van der Waals surface area contributed by atoms with E-state index in [9.17, 15) is 4.79 Å². The average molecular weight is 385 g/mol. The number of guanidine groups is 1. The Hall–Kier alpha value is -2.34. The molecule has 0 atom stereocenters. The Bertz CT molecular complexity index is 751. The van der Waals surface area contributed by atoms with E-state index in [1.165, 1.54) is 24.1 Å². The number of nitrogens with zero attached hydrogens (tertiary/aromatic N) is 1. The van der Waals surface area contributed by atoms with Crippen molar-refractivity contribution in [3.63, 3.8) is 0 Å². The van der Waals surface area contributed by atoms with E-state index in [1.54, 1.807) is 18.4 Å². The van der Waals surface area contributed by atoms with Gasteiger partial charge in [0.25, 0.3) is 0 Å². The lowest BCUT2D eigenvalue weighted by Crippen LogP contribution is -2.36. The van der Waals surface area contributed by atoms with Gasteiger partial charge in [-0.2, -0.15) is 0 Å². The van der Waals surface area contributed by atoms with Crippen molar-refractivity contribution < 1.29 is 4.79 Å². The summed E-state index contributed by atoms with van der Waals surface area (Å²) in [6, 6.07) is 12.2. The monoisotopic (exact) mass is 384 g/mol. The standard InChI is InChI=1S/C21H28N4OS/c1-22-21(24-15-19-11-6-12-27-19)23-14-16-7-5-10-18(13-16)25-20(26)17-8-3-2-4-9-17/h5-7,10-13,17H,2-4,8-9,14-15H2,1H3,(H,25,26)(H2,22,23,24). The molecular formula is C21H28N4OS. The first-order valence-corrected chi connectivity index (χ1v) is 10.5. The van der Waals surface area contributed by atoms with Gasteiger partial charge in [0.2, 0.25) is 5.91 Å². The Labute approximate surface area is 165 Å². The molecule has 3 N–H and O–H groups in total. The number of thiophene rings is 1. The zero-order valence-corrected chi connectivity index (χ0v) is 16.6. The molecule has 5 nitrogen and oxygen atoms in total. The molecule has 27 heavy (non-hydrogen) atoms. The molecule has 1 fully saturated rings. The maximum absolute atomic E-state index is 12.4. The maximum atomic E-state index is 12.4. The molecule has 1 aliphatic carbocycles. The number of carbonyl (C=O) groups excluding carboxylic acids is 1. The van der Waals surface area contributed by atoms with Gasteiger partial charge in [-0.25, -0.2) is 0 Å². The fraction of sp³-hybridized carbons (Fsp3) is 0.429. The predicted octanol–water partition coefficient (Wildman–Crippen LogP) is 4.13. The Balaban J connectivity index is 1.49. The van der Waals surface area contributed by atoms with Gasteiger partial charge < -0.3 is 16.0 Å². The van der Waals surface area contributed by atoms with E-state index in [0.29, 0.717) is 6.54 Å². The van der Waals surface area contributed by atoms with Crippen LogP contribution in [0, 0.1) is 5.92 Å². The van der Waals surface area contributed by atoms with Crippen LogP contribution in [0.1, 0.15) is 42.5 Å². The molecular weight excluding hydrogens is 356 g/mol. The summed E-state index contributed by atoms with van der Waals surface area (Å²) in [5.41, 5.74) is 1.97. The molecule has 144 valence electrons. The normalized spacial score (nSPS) is 15.4. The molecule has 6 heteroatoms. The zero-order valence-electron chi connectivity index (χ0n) is 15.8. The third-order valence-electron chi connectivity index (χ3n) is 4.86. The van der Waals surface area contributed by atoms with Crippen LogP contribution >= 0.6 is 11.3 Å². The van der Waals surface area contributed by atoms with Crippen molar-refractivity contribution in [1.82, 2.24) is 10.6 Å². The van der Waals surface area contributed by atoms with E-state index < -0.39 is 0 Å². The lowest BCUT2D eigenvalue weighted by atomic mass is 9.88. The summed E-state index contributed by atoms with van der Waals surface area (Å²) < 4.78 is 0. The lowest BCUT2D eigenvalue weighted by Gasteiger charge is -2.21. The van der Waals surface area contributed by atoms with Gasteiger partial charge in [0.05, 0.1) is 6.54 Å². The van der Waals surface area contributed by atoms with Crippen molar-refractivity contribution in [2.75, 3.05) is 12.4 Å². The predicted molar refractivity (Wildman–Crippen MR) is 113 cm³/mol. The summed E-state index contributed by atoms with van der Waals surface area (Å²) in [6.45, 7) is 1.41. The number of aliphatic imine (C=N–C) groups is 1. The molecule has 3 rings (SSSR count). The topological polar surface area (TPSA) is 65.5 Å². The highest BCUT2D eigenvalue weighted by molar-refractivity contribution is 7.09. The minimum absolute atomic E-state index is 0.160. The van der Waals surface area contributed by atoms with Gasteiger partial charge in [-0.3, -0.25) is 9.79 Å². The minimum Gasteiger partial charge on any atom is -0.352 e. The van der Waals surface area contributed by atoms with Crippen LogP contribution in [0.25, 0.3) is 0 Å². The van der Waals surface area contributed by atoms with E-state index in [0.717, 1.165) is 36.6 Å². The second-order valence-corrected chi connectivity index (χ2v) is 7.92. The number of carbonyl (C=O) groups is 1. The van der Waals surface area contributed by atoms with Crippen molar-refractivity contribution in [3.8, 4) is 0 Å². The highest BCUT2D eigenvalue weighted by Gasteiger charge is 2.20. The highest BCUT2D eigenvalue weighted by Crippen LogP contribution is 2.25. The van der Waals surface area contributed by atoms with E-state index in [4.69, 9.17) is 0 Å². The number of nitrogens with one attached hydrogen (secondary N) is 3. The van der Waals surface area contributed by atoms with Gasteiger partial charge in [0.15, 0.2) is 5.96 Å². The van der Waals surface area contributed by atoms with Crippen LogP contribution < -0.4 is 16.0 Å². The molecule has 1 aromatic heterocycles. The SMILES string of the molecule is CN=C(NCc1cccc(NC(=O)C2CCCCC2)c1)NCc1cccs1. The molecule has 1 aromatic carbocycles. The third kappa shape index (κ3) is 6.10. The largest absolute Gasteiger partial charge is 0.352 e. The van der Waals surface area contributed by atoms with Gasteiger partial charge in [-0.15, -0.1) is 11.3 Å². The summed E-state index contributed by atoms with van der Waals surface area (Å²) in [4.78, 5) is 18.0. The molecule has 1 amide bonds. The van der Waals surface area contributed by atoms with E-state index in [2.05, 4.69) is 38.5 Å². The fourth-order valence-electron chi connectivity index (χ4n) is 3.36. The number of hydrogen-bond donors (Lipinski definition) is 3. The van der Waals surface area contributed by atoms with Gasteiger partial charge >= 0.3 is 0 Å². The highest BCUT2D eigenvalue weighted by atomic mass is 32.1. The molecule has 0 bridgehead atoms. The van der Waals surface area contributed by atoms with Crippen LogP contribution in [0.3, 0.4) is 0 Å². The zero-order chi connectivity index (χ0) is 18.9. The Kier molecular flexibility index (Phi) is 7.27. The summed E-state index contributed by atoms with van der Waals surface area (Å²) >= 11 is 1.72. The lowest BCUT2D eigenvalue weighted by molar-refractivity contribution is -0.120. The number of rotatable bonds is 6. The Morgan fingerprint density at radius 1 is 1.11 bits per heavy atom. The van der Waals surface area contributed by atoms with Crippen LogP contribution in [0.4, 0.5) is 5.69 Å². The first-order valence-electron chi connectivity index (χ1n) is 9.61. The minimum atomic E-state index is 0.160. The molecule has 1 saturated carbocycles. The summed E-state index contributed by atoms with van der Waals surface area (Å²) in [5.74, 6) is 1.09. The van der Waals surface area contributed by atoms with Crippen molar-refractivity contribution in [2.45, 2.75) is 45.2 Å². The summed E-state index contributed by atoms with van der Waals surface area (Å²) in [5, 5.41) is 11.8. The summed E-state index contributed by atoms with van der Waals surface area (Å²) in [7, 11) is 1.77. The molecule has 0 unspecified atom stereocenters. The molecule has 0 saturated heterocycles. The maximum Gasteiger partial charge on any atom is 0.227 e. The van der Waals surface area contributed by atoms with Crippen molar-refractivity contribution >= 4 is 28.9 Å². The first-order chi connectivity index (χ1) is 13.2. The van der Waals surface area contributed by atoms with E-state index in [-0.39, 0.29) is 11.8 Å². The third-order valence-corrected chi connectivity index (χ3v) is 5.74. The molecule has 0 aliphatic heterocycles. The second kappa shape index (κ2) is 10.1. The Morgan fingerprint density at radius 3 is 2.67 bits per heavy atom. The van der Waals surface area contributed by atoms with Crippen LogP contribution in [0.15, 0.2) is 46.8 Å². The molecule has 0 spiro atoms. The van der Waals surface area contributed by atoms with E-state index in [1.807, 2.05) is 24.3 Å². The Morgan fingerprint density at radius 2 is 1.93 bits per heavy atom. The van der Waals surface area contributed by atoms with E-state index >= 15 is 0 Å². The molecule has 1 heterocycles. The molecule has 2 aromatic rings. The van der Waals surface area contributed by atoms with Crippen LogP contribution in [0.2, 0.25) is 0 Å². The molecule has 0 radical (unpaired) electrons. The van der Waals surface area contributed by atoms with Crippen LogP contribution in [0.5, 0.6) is 0 Å². The fourth-order valence-corrected chi connectivity index (χ4v) is 4.00. The average Bonchev–Trinajstić information content (AvgIpc) is 3.23. The molecule has 1 aliphatic rings. The number of benzene rings is 1. The smallest absolute Gasteiger partial charge is 0.227 e.